The molecule has 0 aliphatic carbocycles. The first kappa shape index (κ1) is 15.5. The summed E-state index contributed by atoms with van der Waals surface area (Å²) in [6, 6.07) is 6.98. The van der Waals surface area contributed by atoms with Gasteiger partial charge in [-0.05, 0) is 25.5 Å². The maximum absolute atomic E-state index is 11.7. The number of halogens is 1. The normalized spacial score (nSPS) is 12.1. The second kappa shape index (κ2) is 7.19. The lowest BCUT2D eigenvalue weighted by Gasteiger charge is -2.10. The van der Waals surface area contributed by atoms with E-state index in [1.54, 1.807) is 19.9 Å². The smallest absolute Gasteiger partial charge is 0.248 e. The first-order chi connectivity index (χ1) is 10.1. The molecular weight excluding hydrogens is 294 g/mol. The summed E-state index contributed by atoms with van der Waals surface area (Å²) in [5, 5.41) is 7.01. The maximum atomic E-state index is 11.7. The third kappa shape index (κ3) is 4.54. The Morgan fingerprint density at radius 3 is 2.90 bits per heavy atom. The fourth-order valence-corrected chi connectivity index (χ4v) is 1.89. The number of hydrogen-bond donors (Lipinski definition) is 1. The second-order valence-corrected chi connectivity index (χ2v) is 4.96. The minimum atomic E-state index is -0.359. The van der Waals surface area contributed by atoms with E-state index in [1.807, 2.05) is 18.2 Å². The van der Waals surface area contributed by atoms with Crippen molar-refractivity contribution in [2.24, 2.45) is 0 Å². The van der Waals surface area contributed by atoms with Crippen molar-refractivity contribution in [1.82, 2.24) is 15.5 Å². The highest BCUT2D eigenvalue weighted by atomic mass is 35.5. The molecule has 0 radical (unpaired) electrons. The van der Waals surface area contributed by atoms with Gasteiger partial charge in [0.25, 0.3) is 0 Å². The third-order valence-corrected chi connectivity index (χ3v) is 3.11. The summed E-state index contributed by atoms with van der Waals surface area (Å²) in [6.45, 7) is 3.69. The molecule has 1 N–H and O–H groups in total. The van der Waals surface area contributed by atoms with Crippen LogP contribution in [0.2, 0.25) is 5.02 Å². The summed E-state index contributed by atoms with van der Waals surface area (Å²) in [6.07, 6.45) is 0. The molecule has 0 unspecified atom stereocenters. The van der Waals surface area contributed by atoms with Gasteiger partial charge in [0.15, 0.2) is 5.82 Å². The Labute approximate surface area is 127 Å². The minimum absolute atomic E-state index is 0.0668. The molecule has 1 amide bonds. The highest BCUT2D eigenvalue weighted by Crippen LogP contribution is 2.15. The van der Waals surface area contributed by atoms with Crippen LogP contribution < -0.4 is 5.32 Å². The number of aryl methyl sites for hydroxylation is 1. The molecule has 2 aromatic rings. The molecule has 112 valence electrons. The fraction of sp³-hybridized carbons (Fsp3) is 0.357. The van der Waals surface area contributed by atoms with Crippen LogP contribution in [0.1, 0.15) is 30.2 Å². The van der Waals surface area contributed by atoms with E-state index in [-0.39, 0.29) is 25.2 Å². The van der Waals surface area contributed by atoms with Crippen LogP contribution in [0.3, 0.4) is 0 Å². The molecule has 0 bridgehead atoms. The molecule has 2 rings (SSSR count). The Hall–Kier alpha value is -1.92. The molecule has 1 aromatic carbocycles. The predicted molar refractivity (Wildman–Crippen MR) is 76.7 cm³/mol. The number of ether oxygens (including phenoxy) is 1. The van der Waals surface area contributed by atoms with Gasteiger partial charge in [0.2, 0.25) is 11.8 Å². The van der Waals surface area contributed by atoms with Gasteiger partial charge in [-0.3, -0.25) is 4.79 Å². The van der Waals surface area contributed by atoms with E-state index in [0.29, 0.717) is 16.7 Å². The molecule has 6 nitrogen and oxygen atoms in total. The average molecular weight is 310 g/mol. The number of nitrogens with zero attached hydrogens (tertiary/aromatic N) is 2. The van der Waals surface area contributed by atoms with Crippen molar-refractivity contribution >= 4 is 17.5 Å². The number of nitrogens with one attached hydrogen (secondary N) is 1. The summed E-state index contributed by atoms with van der Waals surface area (Å²) < 4.78 is 10.3. The Balaban J connectivity index is 1.76. The Morgan fingerprint density at radius 2 is 2.24 bits per heavy atom. The Kier molecular flexibility index (Phi) is 5.30. The van der Waals surface area contributed by atoms with E-state index in [4.69, 9.17) is 20.9 Å². The summed E-state index contributed by atoms with van der Waals surface area (Å²) in [5.74, 6) is 0.637. The number of carbonyl (C=O) groups excluding carboxylic acids is 1. The van der Waals surface area contributed by atoms with Crippen LogP contribution in [0.4, 0.5) is 0 Å². The molecule has 0 saturated heterocycles. The minimum Gasteiger partial charge on any atom is -0.367 e. The van der Waals surface area contributed by atoms with E-state index in [0.717, 1.165) is 5.56 Å². The zero-order valence-electron chi connectivity index (χ0n) is 11.8. The third-order valence-electron chi connectivity index (χ3n) is 2.74. The van der Waals surface area contributed by atoms with Gasteiger partial charge in [-0.1, -0.05) is 35.0 Å². The summed E-state index contributed by atoms with van der Waals surface area (Å²) in [7, 11) is 0. The number of amides is 1. The van der Waals surface area contributed by atoms with Crippen molar-refractivity contribution in [2.45, 2.75) is 26.5 Å². The highest BCUT2D eigenvalue weighted by molar-refractivity contribution is 6.31. The van der Waals surface area contributed by atoms with Crippen molar-refractivity contribution in [2.75, 3.05) is 6.61 Å². The first-order valence-electron chi connectivity index (χ1n) is 6.47. The van der Waals surface area contributed by atoms with E-state index >= 15 is 0 Å². The number of benzene rings is 1. The van der Waals surface area contributed by atoms with Gasteiger partial charge in [0.05, 0.1) is 6.61 Å². The zero-order valence-corrected chi connectivity index (χ0v) is 12.6. The van der Waals surface area contributed by atoms with Gasteiger partial charge >= 0.3 is 0 Å². The lowest BCUT2D eigenvalue weighted by Crippen LogP contribution is -2.30. The summed E-state index contributed by atoms with van der Waals surface area (Å²) in [5.41, 5.74) is 0.840. The molecule has 0 aliphatic heterocycles. The van der Waals surface area contributed by atoms with Crippen LogP contribution in [-0.2, 0) is 16.1 Å². The zero-order chi connectivity index (χ0) is 15.2. The SMILES string of the molecule is Cc1noc([C@@H](C)NC(=O)COCc2ccccc2Cl)n1. The van der Waals surface area contributed by atoms with Crippen molar-refractivity contribution in [3.63, 3.8) is 0 Å². The number of rotatable bonds is 6. The molecule has 21 heavy (non-hydrogen) atoms. The molecular formula is C14H16ClN3O3. The van der Waals surface area contributed by atoms with Gasteiger partial charge in [0, 0.05) is 5.02 Å². The molecule has 1 aromatic heterocycles. The molecule has 1 heterocycles. The van der Waals surface area contributed by atoms with Gasteiger partial charge in [0.1, 0.15) is 12.6 Å². The first-order valence-corrected chi connectivity index (χ1v) is 6.85. The molecule has 0 aliphatic rings. The molecule has 0 spiro atoms. The lowest BCUT2D eigenvalue weighted by atomic mass is 10.2. The Morgan fingerprint density at radius 1 is 1.48 bits per heavy atom. The monoisotopic (exact) mass is 309 g/mol. The summed E-state index contributed by atoms with van der Waals surface area (Å²) >= 11 is 6.00. The van der Waals surface area contributed by atoms with Crippen LogP contribution >= 0.6 is 11.6 Å². The van der Waals surface area contributed by atoms with Crippen LogP contribution in [0.15, 0.2) is 28.8 Å². The maximum Gasteiger partial charge on any atom is 0.248 e. The second-order valence-electron chi connectivity index (χ2n) is 4.55. The summed E-state index contributed by atoms with van der Waals surface area (Å²) in [4.78, 5) is 15.8. The predicted octanol–water partition coefficient (Wildman–Crippen LogP) is 2.43. The highest BCUT2D eigenvalue weighted by Gasteiger charge is 2.15. The number of carbonyl (C=O) groups is 1. The van der Waals surface area contributed by atoms with Gasteiger partial charge in [-0.2, -0.15) is 4.98 Å². The quantitative estimate of drug-likeness (QED) is 0.886. The van der Waals surface area contributed by atoms with Gasteiger partial charge < -0.3 is 14.6 Å². The van der Waals surface area contributed by atoms with E-state index < -0.39 is 0 Å². The molecule has 1 atom stereocenters. The molecule has 0 fully saturated rings. The number of aromatic nitrogens is 2. The van der Waals surface area contributed by atoms with Crippen molar-refractivity contribution < 1.29 is 14.1 Å². The number of hydrogen-bond acceptors (Lipinski definition) is 5. The van der Waals surface area contributed by atoms with Crippen LogP contribution in [0.25, 0.3) is 0 Å². The Bertz CT molecular complexity index is 615. The molecule has 0 saturated carbocycles. The van der Waals surface area contributed by atoms with E-state index in [1.165, 1.54) is 0 Å². The van der Waals surface area contributed by atoms with E-state index in [9.17, 15) is 4.79 Å². The van der Waals surface area contributed by atoms with Crippen molar-refractivity contribution in [1.29, 1.82) is 0 Å². The van der Waals surface area contributed by atoms with E-state index in [2.05, 4.69) is 15.5 Å². The van der Waals surface area contributed by atoms with Gasteiger partial charge in [-0.15, -0.1) is 0 Å². The van der Waals surface area contributed by atoms with Crippen LogP contribution in [-0.4, -0.2) is 22.7 Å². The van der Waals surface area contributed by atoms with Gasteiger partial charge in [-0.25, -0.2) is 0 Å². The topological polar surface area (TPSA) is 77.2 Å². The average Bonchev–Trinajstić information content (AvgIpc) is 2.88. The largest absolute Gasteiger partial charge is 0.367 e. The van der Waals surface area contributed by atoms with Crippen molar-refractivity contribution in [3.8, 4) is 0 Å². The lowest BCUT2D eigenvalue weighted by molar-refractivity contribution is -0.126. The van der Waals surface area contributed by atoms with Crippen molar-refractivity contribution in [3.05, 3.63) is 46.6 Å². The fourth-order valence-electron chi connectivity index (χ4n) is 1.70. The standard InChI is InChI=1S/C14H16ClN3O3/c1-9(14-17-10(2)18-21-14)16-13(19)8-20-7-11-5-3-4-6-12(11)15/h3-6,9H,7-8H2,1-2H3,(H,16,19)/t9-/m1/s1. The molecule has 7 heteroatoms. The van der Waals surface area contributed by atoms with Crippen LogP contribution in [0, 0.1) is 6.92 Å². The van der Waals surface area contributed by atoms with Crippen LogP contribution in [0.5, 0.6) is 0 Å².